The molecule has 4 aromatic rings. The summed E-state index contributed by atoms with van der Waals surface area (Å²) in [6.45, 7) is 2.33. The lowest BCUT2D eigenvalue weighted by Crippen LogP contribution is -2.32. The van der Waals surface area contributed by atoms with Crippen LogP contribution in [0.4, 0.5) is 5.69 Å². The van der Waals surface area contributed by atoms with Gasteiger partial charge in [-0.3, -0.25) is 14.4 Å². The third-order valence-corrected chi connectivity index (χ3v) is 9.67. The molecule has 6 rings (SSSR count). The van der Waals surface area contributed by atoms with Crippen LogP contribution in [0.15, 0.2) is 82.6 Å². The number of nitrogens with zero attached hydrogens (tertiary/aromatic N) is 1. The van der Waals surface area contributed by atoms with Crippen molar-refractivity contribution in [2.45, 2.75) is 29.7 Å². The van der Waals surface area contributed by atoms with Crippen molar-refractivity contribution in [2.24, 2.45) is 5.92 Å². The molecule has 8 nitrogen and oxygen atoms in total. The minimum absolute atomic E-state index is 0.235. The largest absolute Gasteiger partial charge is 0.489 e. The van der Waals surface area contributed by atoms with Crippen molar-refractivity contribution in [1.29, 1.82) is 0 Å². The molecule has 1 saturated heterocycles. The molecule has 2 aliphatic rings. The number of H-pyrrole nitrogens is 1. The number of anilines is 1. The summed E-state index contributed by atoms with van der Waals surface area (Å²) < 4.78 is 11.0. The Labute approximate surface area is 248 Å². The van der Waals surface area contributed by atoms with E-state index in [-0.39, 0.29) is 23.3 Å². The molecule has 41 heavy (non-hydrogen) atoms. The van der Waals surface area contributed by atoms with E-state index in [1.807, 2.05) is 36.4 Å². The molecule has 2 amide bonds. The Balaban J connectivity index is 1.29. The minimum Gasteiger partial charge on any atom is -0.489 e. The van der Waals surface area contributed by atoms with Gasteiger partial charge in [0.1, 0.15) is 17.6 Å². The van der Waals surface area contributed by atoms with E-state index in [0.717, 1.165) is 27.3 Å². The molecule has 0 radical (unpaired) electrons. The first-order valence-electron chi connectivity index (χ1n) is 12.9. The zero-order chi connectivity index (χ0) is 28.7. The van der Waals surface area contributed by atoms with Crippen LogP contribution in [0.5, 0.6) is 5.75 Å². The van der Waals surface area contributed by atoms with Crippen LogP contribution in [0, 0.1) is 5.92 Å². The van der Waals surface area contributed by atoms with Gasteiger partial charge in [-0.1, -0.05) is 59.0 Å². The second-order valence-electron chi connectivity index (χ2n) is 9.51. The predicted molar refractivity (Wildman–Crippen MR) is 157 cm³/mol. The van der Waals surface area contributed by atoms with Gasteiger partial charge in [0.15, 0.2) is 0 Å². The maximum Gasteiger partial charge on any atom is 0.338 e. The Morgan fingerprint density at radius 1 is 0.951 bits per heavy atom. The fourth-order valence-corrected chi connectivity index (χ4v) is 7.75. The van der Waals surface area contributed by atoms with Gasteiger partial charge in [-0.2, -0.15) is 0 Å². The molecule has 3 aromatic carbocycles. The smallest absolute Gasteiger partial charge is 0.338 e. The molecule has 0 bridgehead atoms. The molecule has 1 fully saturated rings. The monoisotopic (exact) mass is 606 g/mol. The quantitative estimate of drug-likeness (QED) is 0.214. The van der Waals surface area contributed by atoms with Gasteiger partial charge in [0.25, 0.3) is 0 Å². The normalized spacial score (nSPS) is 19.6. The minimum atomic E-state index is -0.712. The van der Waals surface area contributed by atoms with Gasteiger partial charge >= 0.3 is 10.8 Å². The van der Waals surface area contributed by atoms with Crippen molar-refractivity contribution in [3.8, 4) is 5.75 Å². The van der Waals surface area contributed by atoms with Crippen LogP contribution in [-0.2, 0) is 20.9 Å². The molecular weight excluding hydrogens is 584 g/mol. The average molecular weight is 607 g/mol. The van der Waals surface area contributed by atoms with Crippen molar-refractivity contribution < 1.29 is 23.9 Å². The van der Waals surface area contributed by atoms with E-state index in [1.165, 1.54) is 28.8 Å². The second-order valence-corrected chi connectivity index (χ2v) is 12.1. The van der Waals surface area contributed by atoms with Crippen molar-refractivity contribution >= 4 is 58.2 Å². The maximum atomic E-state index is 13.9. The highest BCUT2D eigenvalue weighted by Crippen LogP contribution is 2.53. The lowest BCUT2D eigenvalue weighted by atomic mass is 9.83. The first kappa shape index (κ1) is 27.3. The van der Waals surface area contributed by atoms with Gasteiger partial charge in [-0.15, -0.1) is 0 Å². The van der Waals surface area contributed by atoms with E-state index in [4.69, 9.17) is 21.1 Å². The molecule has 3 atom stereocenters. The number of hydrogen-bond acceptors (Lipinski definition) is 8. The molecule has 11 heteroatoms. The number of imide groups is 1. The maximum absolute atomic E-state index is 13.9. The van der Waals surface area contributed by atoms with E-state index in [0.29, 0.717) is 33.7 Å². The molecule has 3 heterocycles. The molecule has 1 N–H and O–H groups in total. The number of ether oxygens (including phenoxy) is 2. The first-order valence-corrected chi connectivity index (χ1v) is 14.9. The molecule has 2 aliphatic heterocycles. The highest BCUT2D eigenvalue weighted by atomic mass is 35.5. The van der Waals surface area contributed by atoms with Crippen LogP contribution in [0.3, 0.4) is 0 Å². The van der Waals surface area contributed by atoms with Crippen LogP contribution in [0.1, 0.15) is 39.2 Å². The van der Waals surface area contributed by atoms with Gasteiger partial charge in [0, 0.05) is 15.8 Å². The number of carbonyl (C=O) groups is 3. The van der Waals surface area contributed by atoms with E-state index in [2.05, 4.69) is 4.98 Å². The summed E-state index contributed by atoms with van der Waals surface area (Å²) in [6.07, 6.45) is 0. The van der Waals surface area contributed by atoms with Crippen LogP contribution >= 0.6 is 34.7 Å². The molecule has 0 spiro atoms. The number of amides is 2. The van der Waals surface area contributed by atoms with Crippen LogP contribution < -0.4 is 14.5 Å². The second kappa shape index (κ2) is 11.2. The summed E-state index contributed by atoms with van der Waals surface area (Å²) in [7, 11) is 0. The van der Waals surface area contributed by atoms with Crippen molar-refractivity contribution in [3.63, 3.8) is 0 Å². The number of carbonyl (C=O) groups excluding carboxylic acids is 3. The highest BCUT2D eigenvalue weighted by Gasteiger charge is 2.56. The summed E-state index contributed by atoms with van der Waals surface area (Å²) in [5, 5.41) is 0.548. The Bertz CT molecular complexity index is 1680. The Kier molecular flexibility index (Phi) is 7.46. The predicted octanol–water partition coefficient (Wildman–Crippen LogP) is 5.64. The summed E-state index contributed by atoms with van der Waals surface area (Å²) in [5.74, 6) is -1.75. The van der Waals surface area contributed by atoms with Crippen LogP contribution in [0.25, 0.3) is 0 Å². The van der Waals surface area contributed by atoms with Gasteiger partial charge in [-0.05, 0) is 66.6 Å². The van der Waals surface area contributed by atoms with Crippen molar-refractivity contribution in [2.75, 3.05) is 11.5 Å². The summed E-state index contributed by atoms with van der Waals surface area (Å²) >= 11 is 8.23. The number of rotatable bonds is 7. The topological polar surface area (TPSA) is 106 Å². The number of thioether (sulfide) groups is 1. The number of esters is 1. The number of aromatic nitrogens is 1. The van der Waals surface area contributed by atoms with Gasteiger partial charge in [-0.25, -0.2) is 9.69 Å². The SMILES string of the molecule is CCOC(=O)c1ccc(N2C(=O)C3Sc4[nH]c(=O)sc4[C@H](c4ccc(OCc5ccc(Cl)cc5)cc4)C3C2=O)cc1. The standard InChI is InChI=1S/C30H23ClN2O6S2/c1-2-38-29(36)18-5-11-20(12-6-18)33-27(34)23-22(24-26(32-30(37)41-24)40-25(23)28(33)35)17-7-13-21(14-8-17)39-15-16-3-9-19(31)10-4-16/h3-14,22-23,25H,2,15H2,1H3,(H,32,37)/t22-,23?,25?/m1/s1. The summed E-state index contributed by atoms with van der Waals surface area (Å²) in [5.41, 5.74) is 2.48. The lowest BCUT2D eigenvalue weighted by Gasteiger charge is -2.29. The number of fused-ring (bicyclic) bond motifs is 2. The van der Waals surface area contributed by atoms with Gasteiger partial charge < -0.3 is 14.5 Å². The molecule has 2 unspecified atom stereocenters. The summed E-state index contributed by atoms with van der Waals surface area (Å²) in [4.78, 5) is 56.5. The Hall–Kier alpha value is -3.86. The number of halogens is 1. The first-order chi connectivity index (χ1) is 19.8. The number of nitrogens with one attached hydrogen (secondary N) is 1. The number of hydrogen-bond donors (Lipinski definition) is 1. The molecule has 0 saturated carbocycles. The number of aromatic amines is 1. The van der Waals surface area contributed by atoms with Gasteiger partial charge in [0.2, 0.25) is 11.8 Å². The zero-order valence-electron chi connectivity index (χ0n) is 21.7. The van der Waals surface area contributed by atoms with E-state index >= 15 is 0 Å². The fraction of sp³-hybridized carbons (Fsp3) is 0.200. The molecule has 0 aliphatic carbocycles. The summed E-state index contributed by atoms with van der Waals surface area (Å²) in [6, 6.07) is 21.0. The number of benzene rings is 3. The molecular formula is C30H23ClN2O6S2. The lowest BCUT2D eigenvalue weighted by molar-refractivity contribution is -0.122. The zero-order valence-corrected chi connectivity index (χ0v) is 24.1. The highest BCUT2D eigenvalue weighted by molar-refractivity contribution is 8.00. The Morgan fingerprint density at radius 2 is 1.66 bits per heavy atom. The Morgan fingerprint density at radius 3 is 2.34 bits per heavy atom. The van der Waals surface area contributed by atoms with Crippen molar-refractivity contribution in [1.82, 2.24) is 4.98 Å². The molecule has 1 aromatic heterocycles. The van der Waals surface area contributed by atoms with E-state index < -0.39 is 23.1 Å². The third kappa shape index (κ3) is 5.18. The third-order valence-electron chi connectivity index (χ3n) is 7.02. The molecule has 208 valence electrons. The number of thiazole rings is 1. The van der Waals surface area contributed by atoms with E-state index in [1.54, 1.807) is 31.2 Å². The van der Waals surface area contributed by atoms with Crippen LogP contribution in [-0.4, -0.2) is 34.6 Å². The van der Waals surface area contributed by atoms with Crippen molar-refractivity contribution in [3.05, 3.63) is 109 Å². The fourth-order valence-electron chi connectivity index (χ4n) is 5.11. The average Bonchev–Trinajstić information content (AvgIpc) is 3.47. The van der Waals surface area contributed by atoms with Crippen LogP contribution in [0.2, 0.25) is 5.02 Å². The van der Waals surface area contributed by atoms with E-state index in [9.17, 15) is 19.2 Å². The van der Waals surface area contributed by atoms with Gasteiger partial charge in [0.05, 0.1) is 28.8 Å².